The van der Waals surface area contributed by atoms with E-state index >= 15 is 0 Å². The molecule has 0 saturated carbocycles. The number of hydrogen-bond acceptors (Lipinski definition) is 5. The Morgan fingerprint density at radius 2 is 2.38 bits per heavy atom. The van der Waals surface area contributed by atoms with Crippen LogP contribution in [0.2, 0.25) is 0 Å². The van der Waals surface area contributed by atoms with Crippen molar-refractivity contribution in [3.8, 4) is 0 Å². The van der Waals surface area contributed by atoms with Crippen LogP contribution in [-0.4, -0.2) is 27.2 Å². The summed E-state index contributed by atoms with van der Waals surface area (Å²) < 4.78 is 0.885. The fraction of sp³-hybridized carbons (Fsp3) is 0.667. The average molecular weight is 280 g/mol. The van der Waals surface area contributed by atoms with Crippen molar-refractivity contribution in [2.24, 2.45) is 0 Å². The third-order valence-electron chi connectivity index (χ3n) is 1.85. The number of carbonyl (C=O) groups excluding carboxylic acids is 1. The minimum atomic E-state index is -0.119. The third-order valence-corrected chi connectivity index (χ3v) is 4.23. The molecule has 0 radical (unpaired) electrons. The topological polar surface area (TPSA) is 54.9 Å². The molecule has 1 amide bonds. The van der Waals surface area contributed by atoms with Gasteiger partial charge in [0.25, 0.3) is 0 Å². The van der Waals surface area contributed by atoms with Crippen LogP contribution >= 0.6 is 34.7 Å². The van der Waals surface area contributed by atoms with Crippen LogP contribution in [0.15, 0.2) is 4.34 Å². The highest BCUT2D eigenvalue weighted by atomic mass is 35.5. The van der Waals surface area contributed by atoms with Crippen LogP contribution < -0.4 is 5.32 Å². The zero-order valence-corrected chi connectivity index (χ0v) is 11.6. The monoisotopic (exact) mass is 279 g/mol. The molecule has 0 bridgehead atoms. The third kappa shape index (κ3) is 4.67. The summed E-state index contributed by atoms with van der Waals surface area (Å²) in [5.41, 5.74) is 0. The molecule has 16 heavy (non-hydrogen) atoms. The van der Waals surface area contributed by atoms with Crippen molar-refractivity contribution in [1.82, 2.24) is 10.2 Å². The van der Waals surface area contributed by atoms with Gasteiger partial charge < -0.3 is 5.32 Å². The number of aromatic nitrogens is 2. The summed E-state index contributed by atoms with van der Waals surface area (Å²) in [4.78, 5) is 11.2. The standard InChI is InChI=1S/C9H14ClN3OS2/c1-3-6(2)15-9-13-12-8(16-9)11-7(14)4-5-10/h6H,3-5H2,1-2H3,(H,11,12,14)/t6-/m0/s1. The Kier molecular flexibility index (Phi) is 6.08. The first-order valence-corrected chi connectivity index (χ1v) is 7.24. The fourth-order valence-electron chi connectivity index (χ4n) is 0.831. The maximum absolute atomic E-state index is 11.2. The van der Waals surface area contributed by atoms with Crippen LogP contribution in [0.25, 0.3) is 0 Å². The number of alkyl halides is 1. The van der Waals surface area contributed by atoms with E-state index in [2.05, 4.69) is 29.4 Å². The van der Waals surface area contributed by atoms with Gasteiger partial charge in [-0.2, -0.15) is 0 Å². The lowest BCUT2D eigenvalue weighted by Gasteiger charge is -2.02. The largest absolute Gasteiger partial charge is 0.300 e. The summed E-state index contributed by atoms with van der Waals surface area (Å²) in [5, 5.41) is 11.6. The molecule has 1 rings (SSSR count). The molecule has 1 atom stereocenters. The lowest BCUT2D eigenvalue weighted by molar-refractivity contribution is -0.115. The van der Waals surface area contributed by atoms with E-state index in [0.717, 1.165) is 10.8 Å². The molecule has 1 N–H and O–H groups in total. The van der Waals surface area contributed by atoms with Crippen LogP contribution in [0.4, 0.5) is 5.13 Å². The second-order valence-electron chi connectivity index (χ2n) is 3.20. The Morgan fingerprint density at radius 1 is 1.62 bits per heavy atom. The summed E-state index contributed by atoms with van der Waals surface area (Å²) in [5.74, 6) is 0.199. The van der Waals surface area contributed by atoms with Crippen molar-refractivity contribution in [3.05, 3.63) is 0 Å². The molecule has 0 saturated heterocycles. The first-order valence-electron chi connectivity index (χ1n) is 5.01. The van der Waals surface area contributed by atoms with Gasteiger partial charge in [0.1, 0.15) is 0 Å². The number of amides is 1. The smallest absolute Gasteiger partial charge is 0.227 e. The molecule has 0 aliphatic carbocycles. The van der Waals surface area contributed by atoms with Crippen molar-refractivity contribution < 1.29 is 4.79 Å². The highest BCUT2D eigenvalue weighted by molar-refractivity contribution is 8.01. The van der Waals surface area contributed by atoms with Gasteiger partial charge in [-0.3, -0.25) is 4.79 Å². The van der Waals surface area contributed by atoms with Gasteiger partial charge in [-0.05, 0) is 6.42 Å². The highest BCUT2D eigenvalue weighted by Crippen LogP contribution is 2.29. The summed E-state index contributed by atoms with van der Waals surface area (Å²) in [6.45, 7) is 4.26. The summed E-state index contributed by atoms with van der Waals surface area (Å²) in [6, 6.07) is 0. The molecule has 0 aromatic carbocycles. The van der Waals surface area contributed by atoms with Gasteiger partial charge in [0.15, 0.2) is 4.34 Å². The number of rotatable bonds is 6. The van der Waals surface area contributed by atoms with Crippen LogP contribution in [0.1, 0.15) is 26.7 Å². The molecular weight excluding hydrogens is 266 g/mol. The van der Waals surface area contributed by atoms with Crippen LogP contribution in [0, 0.1) is 0 Å². The Labute approximate surface area is 108 Å². The quantitative estimate of drug-likeness (QED) is 0.494. The minimum absolute atomic E-state index is 0.119. The normalized spacial score (nSPS) is 12.4. The van der Waals surface area contributed by atoms with E-state index in [0.29, 0.717) is 22.7 Å². The zero-order chi connectivity index (χ0) is 12.0. The Morgan fingerprint density at radius 3 is 3.00 bits per heavy atom. The van der Waals surface area contributed by atoms with Gasteiger partial charge in [-0.15, -0.1) is 21.8 Å². The first kappa shape index (κ1) is 13.7. The number of carbonyl (C=O) groups is 1. The maximum atomic E-state index is 11.2. The van der Waals surface area contributed by atoms with E-state index in [1.807, 2.05) is 0 Å². The minimum Gasteiger partial charge on any atom is -0.300 e. The number of nitrogens with zero attached hydrogens (tertiary/aromatic N) is 2. The van der Waals surface area contributed by atoms with Crippen LogP contribution in [0.3, 0.4) is 0 Å². The molecule has 1 aromatic rings. The van der Waals surface area contributed by atoms with Crippen LogP contribution in [0.5, 0.6) is 0 Å². The van der Waals surface area contributed by atoms with E-state index < -0.39 is 0 Å². The number of hydrogen-bond donors (Lipinski definition) is 1. The van der Waals surface area contributed by atoms with Gasteiger partial charge in [0.2, 0.25) is 11.0 Å². The molecule has 4 nitrogen and oxygen atoms in total. The van der Waals surface area contributed by atoms with Crippen molar-refractivity contribution in [1.29, 1.82) is 0 Å². The van der Waals surface area contributed by atoms with E-state index in [4.69, 9.17) is 11.6 Å². The van der Waals surface area contributed by atoms with Crippen molar-refractivity contribution in [2.45, 2.75) is 36.3 Å². The maximum Gasteiger partial charge on any atom is 0.227 e. The molecular formula is C9H14ClN3OS2. The van der Waals surface area contributed by atoms with E-state index in [1.54, 1.807) is 11.8 Å². The lowest BCUT2D eigenvalue weighted by atomic mass is 10.4. The Hall–Kier alpha value is -0.330. The number of anilines is 1. The second kappa shape index (κ2) is 7.09. The number of halogens is 1. The van der Waals surface area contributed by atoms with Gasteiger partial charge in [-0.25, -0.2) is 0 Å². The molecule has 1 aromatic heterocycles. The molecule has 0 unspecified atom stereocenters. The molecule has 90 valence electrons. The van der Waals surface area contributed by atoms with Gasteiger partial charge >= 0.3 is 0 Å². The van der Waals surface area contributed by atoms with E-state index in [9.17, 15) is 4.79 Å². The molecule has 1 heterocycles. The van der Waals surface area contributed by atoms with Crippen LogP contribution in [-0.2, 0) is 4.79 Å². The SMILES string of the molecule is CC[C@H](C)Sc1nnc(NC(=O)CCCl)s1. The molecule has 0 spiro atoms. The van der Waals surface area contributed by atoms with Gasteiger partial charge in [0.05, 0.1) is 0 Å². The zero-order valence-electron chi connectivity index (χ0n) is 9.20. The average Bonchev–Trinajstić information content (AvgIpc) is 2.65. The van der Waals surface area contributed by atoms with Crippen molar-refractivity contribution in [3.63, 3.8) is 0 Å². The number of thioether (sulfide) groups is 1. The molecule has 0 aliphatic heterocycles. The van der Waals surface area contributed by atoms with Gasteiger partial charge in [0, 0.05) is 17.6 Å². The second-order valence-corrected chi connectivity index (χ2v) is 6.24. The van der Waals surface area contributed by atoms with Crippen molar-refractivity contribution in [2.75, 3.05) is 11.2 Å². The molecule has 7 heteroatoms. The summed E-state index contributed by atoms with van der Waals surface area (Å²) >= 11 is 8.53. The summed E-state index contributed by atoms with van der Waals surface area (Å²) in [7, 11) is 0. The van der Waals surface area contributed by atoms with E-state index in [-0.39, 0.29) is 5.91 Å². The Balaban J connectivity index is 2.48. The molecule has 0 aliphatic rings. The number of nitrogens with one attached hydrogen (secondary N) is 1. The van der Waals surface area contributed by atoms with Gasteiger partial charge in [-0.1, -0.05) is 36.9 Å². The Bertz CT molecular complexity index is 345. The fourth-order valence-corrected chi connectivity index (χ4v) is 3.02. The predicted molar refractivity (Wildman–Crippen MR) is 69.5 cm³/mol. The summed E-state index contributed by atoms with van der Waals surface area (Å²) in [6.07, 6.45) is 1.38. The molecule has 0 fully saturated rings. The van der Waals surface area contributed by atoms with Crippen molar-refractivity contribution >= 4 is 45.7 Å². The predicted octanol–water partition coefficient (Wildman–Crippen LogP) is 3.00. The highest BCUT2D eigenvalue weighted by Gasteiger charge is 2.10. The first-order chi connectivity index (χ1) is 7.65. The lowest BCUT2D eigenvalue weighted by Crippen LogP contribution is -2.11. The van der Waals surface area contributed by atoms with E-state index in [1.165, 1.54) is 11.3 Å².